The first-order valence-electron chi connectivity index (χ1n) is 5.93. The van der Waals surface area contributed by atoms with E-state index < -0.39 is 5.97 Å². The lowest BCUT2D eigenvalue weighted by atomic mass is 10.1. The van der Waals surface area contributed by atoms with Crippen LogP contribution in [-0.4, -0.2) is 18.2 Å². The molecule has 2 aromatic carbocycles. The van der Waals surface area contributed by atoms with E-state index >= 15 is 0 Å². The van der Waals surface area contributed by atoms with Crippen molar-refractivity contribution in [1.82, 2.24) is 0 Å². The van der Waals surface area contributed by atoms with Crippen molar-refractivity contribution in [2.75, 3.05) is 12.4 Å². The van der Waals surface area contributed by atoms with Crippen molar-refractivity contribution in [3.63, 3.8) is 0 Å². The number of carbonyl (C=O) groups is 1. The lowest BCUT2D eigenvalue weighted by molar-refractivity contribution is 0.0693. The lowest BCUT2D eigenvalue weighted by Gasteiger charge is -2.11. The second-order valence-corrected chi connectivity index (χ2v) is 4.53. The molecule has 0 saturated carbocycles. The fraction of sp³-hybridized carbons (Fsp3) is 0.0667. The monoisotopic (exact) mass is 302 g/mol. The van der Waals surface area contributed by atoms with E-state index in [1.165, 1.54) is 13.2 Å². The summed E-state index contributed by atoms with van der Waals surface area (Å²) in [6, 6.07) is 11.6. The van der Waals surface area contributed by atoms with Crippen LogP contribution in [0, 0.1) is 11.3 Å². The topological polar surface area (TPSA) is 82.3 Å². The van der Waals surface area contributed by atoms with Gasteiger partial charge in [-0.1, -0.05) is 17.7 Å². The SMILES string of the molecule is COc1cc(Nc2cccc(Cl)c2C#N)ccc1C(=O)O. The summed E-state index contributed by atoms with van der Waals surface area (Å²) in [5, 5.41) is 21.5. The highest BCUT2D eigenvalue weighted by atomic mass is 35.5. The number of nitrogens with one attached hydrogen (secondary N) is 1. The molecule has 0 spiro atoms. The fourth-order valence-corrected chi connectivity index (χ4v) is 2.06. The fourth-order valence-electron chi connectivity index (χ4n) is 1.84. The van der Waals surface area contributed by atoms with Gasteiger partial charge in [0.25, 0.3) is 0 Å². The van der Waals surface area contributed by atoms with Crippen LogP contribution in [-0.2, 0) is 0 Å². The largest absolute Gasteiger partial charge is 0.496 e. The minimum Gasteiger partial charge on any atom is -0.496 e. The highest BCUT2D eigenvalue weighted by Crippen LogP contribution is 2.29. The molecule has 0 aromatic heterocycles. The van der Waals surface area contributed by atoms with E-state index in [0.29, 0.717) is 22.0 Å². The third-order valence-corrected chi connectivity index (χ3v) is 3.15. The van der Waals surface area contributed by atoms with Crippen molar-refractivity contribution in [3.8, 4) is 11.8 Å². The number of halogens is 1. The quantitative estimate of drug-likeness (QED) is 0.900. The number of hydrogen-bond acceptors (Lipinski definition) is 4. The Bertz CT molecular complexity index is 738. The second-order valence-electron chi connectivity index (χ2n) is 4.12. The Hall–Kier alpha value is -2.71. The molecule has 0 heterocycles. The molecular weight excluding hydrogens is 292 g/mol. The first-order valence-corrected chi connectivity index (χ1v) is 6.31. The number of anilines is 2. The number of methoxy groups -OCH3 is 1. The molecule has 6 heteroatoms. The minimum atomic E-state index is -1.07. The Morgan fingerprint density at radius 2 is 2.14 bits per heavy atom. The smallest absolute Gasteiger partial charge is 0.339 e. The summed E-state index contributed by atoms with van der Waals surface area (Å²) in [5.74, 6) is -0.841. The summed E-state index contributed by atoms with van der Waals surface area (Å²) in [5.41, 5.74) is 1.51. The molecule has 0 aliphatic rings. The maximum Gasteiger partial charge on any atom is 0.339 e. The van der Waals surface area contributed by atoms with E-state index in [2.05, 4.69) is 5.32 Å². The van der Waals surface area contributed by atoms with Gasteiger partial charge in [0.2, 0.25) is 0 Å². The second kappa shape index (κ2) is 6.16. The molecule has 0 unspecified atom stereocenters. The van der Waals surface area contributed by atoms with Crippen molar-refractivity contribution >= 4 is 28.9 Å². The molecule has 0 aliphatic heterocycles. The van der Waals surface area contributed by atoms with Gasteiger partial charge < -0.3 is 15.2 Å². The molecule has 0 atom stereocenters. The Morgan fingerprint density at radius 1 is 1.38 bits per heavy atom. The van der Waals surface area contributed by atoms with Gasteiger partial charge in [-0.15, -0.1) is 0 Å². The molecule has 2 N–H and O–H groups in total. The average Bonchev–Trinajstić information content (AvgIpc) is 2.47. The Morgan fingerprint density at radius 3 is 2.76 bits per heavy atom. The van der Waals surface area contributed by atoms with E-state index in [1.807, 2.05) is 6.07 Å². The van der Waals surface area contributed by atoms with E-state index in [4.69, 9.17) is 26.7 Å². The molecule has 2 rings (SSSR count). The van der Waals surface area contributed by atoms with E-state index in [9.17, 15) is 4.79 Å². The van der Waals surface area contributed by atoms with Crippen LogP contribution in [0.1, 0.15) is 15.9 Å². The summed E-state index contributed by atoms with van der Waals surface area (Å²) < 4.78 is 5.05. The minimum absolute atomic E-state index is 0.0645. The summed E-state index contributed by atoms with van der Waals surface area (Å²) in [6.45, 7) is 0. The Balaban J connectivity index is 2.40. The summed E-state index contributed by atoms with van der Waals surface area (Å²) in [7, 11) is 1.39. The molecule has 0 radical (unpaired) electrons. The number of aromatic carboxylic acids is 1. The number of carboxylic acid groups (broad SMARTS) is 1. The van der Waals surface area contributed by atoms with Crippen molar-refractivity contribution in [2.24, 2.45) is 0 Å². The van der Waals surface area contributed by atoms with Gasteiger partial charge in [-0.2, -0.15) is 5.26 Å². The standard InChI is InChI=1S/C15H11ClN2O3/c1-21-14-7-9(5-6-10(14)15(19)20)18-13-4-2-3-12(16)11(13)8-17/h2-7,18H,1H3,(H,19,20). The van der Waals surface area contributed by atoms with Crippen LogP contribution in [0.5, 0.6) is 5.75 Å². The number of benzene rings is 2. The molecular formula is C15H11ClN2O3. The molecule has 0 aliphatic carbocycles. The molecule has 106 valence electrons. The van der Waals surface area contributed by atoms with Crippen molar-refractivity contribution in [2.45, 2.75) is 0 Å². The third-order valence-electron chi connectivity index (χ3n) is 2.84. The van der Waals surface area contributed by atoms with Gasteiger partial charge in [-0.3, -0.25) is 0 Å². The highest BCUT2D eigenvalue weighted by molar-refractivity contribution is 6.32. The van der Waals surface area contributed by atoms with Gasteiger partial charge in [-0.05, 0) is 24.3 Å². The van der Waals surface area contributed by atoms with Gasteiger partial charge in [0.15, 0.2) is 0 Å². The van der Waals surface area contributed by atoms with Gasteiger partial charge >= 0.3 is 5.97 Å². The normalized spacial score (nSPS) is 9.76. The van der Waals surface area contributed by atoms with Crippen LogP contribution in [0.3, 0.4) is 0 Å². The molecule has 0 bridgehead atoms. The maximum atomic E-state index is 11.0. The number of nitriles is 1. The number of hydrogen-bond donors (Lipinski definition) is 2. The molecule has 2 aromatic rings. The van der Waals surface area contributed by atoms with Crippen LogP contribution in [0.15, 0.2) is 36.4 Å². The van der Waals surface area contributed by atoms with E-state index in [-0.39, 0.29) is 11.3 Å². The Labute approximate surface area is 126 Å². The summed E-state index contributed by atoms with van der Waals surface area (Å²) in [6.07, 6.45) is 0. The number of nitrogens with zero attached hydrogens (tertiary/aromatic N) is 1. The zero-order chi connectivity index (χ0) is 15.4. The summed E-state index contributed by atoms with van der Waals surface area (Å²) >= 11 is 5.96. The first kappa shape index (κ1) is 14.7. The van der Waals surface area contributed by atoms with Crippen LogP contribution in [0.25, 0.3) is 0 Å². The maximum absolute atomic E-state index is 11.0. The van der Waals surface area contributed by atoms with Crippen LogP contribution >= 0.6 is 11.6 Å². The van der Waals surface area contributed by atoms with Gasteiger partial charge in [-0.25, -0.2) is 4.79 Å². The van der Waals surface area contributed by atoms with Crippen molar-refractivity contribution in [3.05, 3.63) is 52.5 Å². The number of ether oxygens (including phenoxy) is 1. The van der Waals surface area contributed by atoms with E-state index in [1.54, 1.807) is 30.3 Å². The van der Waals surface area contributed by atoms with Crippen LogP contribution < -0.4 is 10.1 Å². The molecule has 0 amide bonds. The first-order chi connectivity index (χ1) is 10.1. The molecule has 0 saturated heterocycles. The third kappa shape index (κ3) is 3.07. The Kier molecular flexibility index (Phi) is 4.31. The number of rotatable bonds is 4. The zero-order valence-electron chi connectivity index (χ0n) is 11.1. The van der Waals surface area contributed by atoms with Gasteiger partial charge in [0, 0.05) is 11.8 Å². The van der Waals surface area contributed by atoms with E-state index in [0.717, 1.165) is 0 Å². The van der Waals surface area contributed by atoms with Gasteiger partial charge in [0.05, 0.1) is 23.4 Å². The molecule has 5 nitrogen and oxygen atoms in total. The lowest BCUT2D eigenvalue weighted by Crippen LogP contribution is -2.02. The van der Waals surface area contributed by atoms with Crippen LogP contribution in [0.4, 0.5) is 11.4 Å². The van der Waals surface area contributed by atoms with Crippen molar-refractivity contribution in [1.29, 1.82) is 5.26 Å². The van der Waals surface area contributed by atoms with Gasteiger partial charge in [0.1, 0.15) is 17.4 Å². The number of carboxylic acids is 1. The zero-order valence-corrected chi connectivity index (χ0v) is 11.8. The molecule has 21 heavy (non-hydrogen) atoms. The predicted octanol–water partition coefficient (Wildman–Crippen LogP) is 3.66. The highest BCUT2D eigenvalue weighted by Gasteiger charge is 2.12. The van der Waals surface area contributed by atoms with Crippen molar-refractivity contribution < 1.29 is 14.6 Å². The predicted molar refractivity (Wildman–Crippen MR) is 79.4 cm³/mol. The average molecular weight is 303 g/mol. The molecule has 0 fully saturated rings. The van der Waals surface area contributed by atoms with Crippen LogP contribution in [0.2, 0.25) is 5.02 Å². The summed E-state index contributed by atoms with van der Waals surface area (Å²) in [4.78, 5) is 11.0.